The number of sulfonamides is 1. The van der Waals surface area contributed by atoms with E-state index in [4.69, 9.17) is 9.47 Å². The van der Waals surface area contributed by atoms with Crippen LogP contribution in [0.15, 0.2) is 35.2 Å². The first-order valence-electron chi connectivity index (χ1n) is 10.5. The van der Waals surface area contributed by atoms with E-state index in [1.807, 2.05) is 26.8 Å². The Morgan fingerprint density at radius 2 is 1.56 bits per heavy atom. The number of hydrogen-bond donors (Lipinski definition) is 0. The summed E-state index contributed by atoms with van der Waals surface area (Å²) in [5, 5.41) is 0. The second-order valence-electron chi connectivity index (χ2n) is 8.16. The third kappa shape index (κ3) is 4.92. The van der Waals surface area contributed by atoms with E-state index >= 15 is 0 Å². The predicted octanol–water partition coefficient (Wildman–Crippen LogP) is 3.37. The molecular formula is C24H29NO6S. The van der Waals surface area contributed by atoms with Crippen LogP contribution >= 0.6 is 0 Å². The van der Waals surface area contributed by atoms with Crippen molar-refractivity contribution < 1.29 is 27.5 Å². The van der Waals surface area contributed by atoms with E-state index in [-0.39, 0.29) is 29.3 Å². The van der Waals surface area contributed by atoms with Crippen LogP contribution < -0.4 is 0 Å². The molecule has 172 valence electrons. The van der Waals surface area contributed by atoms with E-state index in [9.17, 15) is 18.0 Å². The molecule has 0 spiro atoms. The van der Waals surface area contributed by atoms with E-state index in [0.717, 1.165) is 16.7 Å². The normalized spacial score (nSPS) is 15.9. The van der Waals surface area contributed by atoms with Gasteiger partial charge in [0, 0.05) is 18.7 Å². The van der Waals surface area contributed by atoms with Crippen molar-refractivity contribution in [3.63, 3.8) is 0 Å². The minimum Gasteiger partial charge on any atom is -0.451 e. The lowest BCUT2D eigenvalue weighted by atomic mass is 9.96. The number of benzene rings is 2. The van der Waals surface area contributed by atoms with Gasteiger partial charge in [-0.05, 0) is 75.1 Å². The van der Waals surface area contributed by atoms with Crippen LogP contribution in [0.3, 0.4) is 0 Å². The number of rotatable bonds is 6. The summed E-state index contributed by atoms with van der Waals surface area (Å²) in [5.74, 6) is -1.04. The summed E-state index contributed by atoms with van der Waals surface area (Å²) < 4.78 is 38.1. The largest absolute Gasteiger partial charge is 0.451 e. The highest BCUT2D eigenvalue weighted by Gasteiger charge is 2.29. The first kappa shape index (κ1) is 24.1. The number of esters is 1. The Balaban J connectivity index is 1.82. The maximum atomic E-state index is 13.1. The van der Waals surface area contributed by atoms with E-state index in [1.54, 1.807) is 19.1 Å². The maximum Gasteiger partial charge on any atom is 0.338 e. The molecule has 1 aliphatic heterocycles. The standard InChI is InChI=1S/C24H29NO6S/c1-15-6-7-20(14-22(15)32(28,29)25-8-10-30-11-9-25)24(27)31-19(5)23(26)21-13-17(3)16(2)12-18(21)4/h6-7,12-14,19H,8-11H2,1-5H3. The molecule has 0 radical (unpaired) electrons. The van der Waals surface area contributed by atoms with Gasteiger partial charge >= 0.3 is 5.97 Å². The lowest BCUT2D eigenvalue weighted by Gasteiger charge is -2.26. The topological polar surface area (TPSA) is 90.0 Å². The van der Waals surface area contributed by atoms with Crippen molar-refractivity contribution in [1.29, 1.82) is 0 Å². The minimum atomic E-state index is -3.77. The average Bonchev–Trinajstić information content (AvgIpc) is 2.76. The molecule has 1 saturated heterocycles. The van der Waals surface area contributed by atoms with Gasteiger partial charge in [0.05, 0.1) is 23.7 Å². The van der Waals surface area contributed by atoms with Crippen molar-refractivity contribution in [3.8, 4) is 0 Å². The van der Waals surface area contributed by atoms with E-state index in [2.05, 4.69) is 0 Å². The van der Waals surface area contributed by atoms with Gasteiger partial charge in [-0.15, -0.1) is 0 Å². The summed E-state index contributed by atoms with van der Waals surface area (Å²) in [6, 6.07) is 8.13. The molecule has 2 aromatic rings. The second-order valence-corrected chi connectivity index (χ2v) is 10.1. The summed E-state index contributed by atoms with van der Waals surface area (Å²) >= 11 is 0. The molecule has 8 heteroatoms. The number of ketones is 1. The number of nitrogens with zero attached hydrogens (tertiary/aromatic N) is 1. The number of carbonyl (C=O) groups excluding carboxylic acids is 2. The van der Waals surface area contributed by atoms with Gasteiger partial charge in [0.25, 0.3) is 0 Å². The fourth-order valence-corrected chi connectivity index (χ4v) is 5.32. The van der Waals surface area contributed by atoms with Crippen LogP contribution in [0, 0.1) is 27.7 Å². The van der Waals surface area contributed by atoms with Crippen molar-refractivity contribution in [2.75, 3.05) is 26.3 Å². The van der Waals surface area contributed by atoms with Crippen molar-refractivity contribution >= 4 is 21.8 Å². The Labute approximate surface area is 189 Å². The fourth-order valence-electron chi connectivity index (χ4n) is 3.66. The average molecular weight is 460 g/mol. The Hall–Kier alpha value is -2.55. The van der Waals surface area contributed by atoms with Gasteiger partial charge in [-0.2, -0.15) is 4.31 Å². The Morgan fingerprint density at radius 3 is 2.22 bits per heavy atom. The molecular weight excluding hydrogens is 430 g/mol. The summed E-state index contributed by atoms with van der Waals surface area (Å²) in [5.41, 5.74) is 4.00. The zero-order valence-corrected chi connectivity index (χ0v) is 19.9. The highest BCUT2D eigenvalue weighted by Crippen LogP contribution is 2.24. The monoisotopic (exact) mass is 459 g/mol. The molecule has 0 amide bonds. The minimum absolute atomic E-state index is 0.0535. The summed E-state index contributed by atoms with van der Waals surface area (Å²) in [4.78, 5) is 25.7. The molecule has 1 atom stereocenters. The van der Waals surface area contributed by atoms with Gasteiger partial charge in [-0.25, -0.2) is 13.2 Å². The van der Waals surface area contributed by atoms with Gasteiger partial charge in [0.2, 0.25) is 15.8 Å². The van der Waals surface area contributed by atoms with Gasteiger partial charge in [0.15, 0.2) is 6.10 Å². The van der Waals surface area contributed by atoms with Crippen LogP contribution in [0.5, 0.6) is 0 Å². The molecule has 7 nitrogen and oxygen atoms in total. The zero-order chi connectivity index (χ0) is 23.6. The van der Waals surface area contributed by atoms with Crippen molar-refractivity contribution in [1.82, 2.24) is 4.31 Å². The van der Waals surface area contributed by atoms with Crippen molar-refractivity contribution in [2.45, 2.75) is 45.6 Å². The lowest BCUT2D eigenvalue weighted by molar-refractivity contribution is 0.0318. The number of hydrogen-bond acceptors (Lipinski definition) is 6. The highest BCUT2D eigenvalue weighted by molar-refractivity contribution is 7.89. The van der Waals surface area contributed by atoms with Crippen molar-refractivity contribution in [2.24, 2.45) is 0 Å². The third-order valence-electron chi connectivity index (χ3n) is 5.77. The summed E-state index contributed by atoms with van der Waals surface area (Å²) in [6.07, 6.45) is -1.01. The molecule has 1 fully saturated rings. The van der Waals surface area contributed by atoms with Crippen LogP contribution in [0.2, 0.25) is 0 Å². The van der Waals surface area contributed by atoms with Crippen LogP contribution in [0.4, 0.5) is 0 Å². The molecule has 0 saturated carbocycles. The molecule has 0 bridgehead atoms. The number of carbonyl (C=O) groups is 2. The van der Waals surface area contributed by atoms with Crippen LogP contribution in [-0.4, -0.2) is 56.9 Å². The number of aryl methyl sites for hydroxylation is 4. The molecule has 0 aromatic heterocycles. The predicted molar refractivity (Wildman–Crippen MR) is 121 cm³/mol. The van der Waals surface area contributed by atoms with Crippen molar-refractivity contribution in [3.05, 3.63) is 63.7 Å². The first-order chi connectivity index (χ1) is 15.0. The molecule has 2 aromatic carbocycles. The van der Waals surface area contributed by atoms with Crippen LogP contribution in [0.1, 0.15) is 49.9 Å². The van der Waals surface area contributed by atoms with E-state index < -0.39 is 22.1 Å². The fraction of sp³-hybridized carbons (Fsp3) is 0.417. The van der Waals surface area contributed by atoms with Crippen LogP contribution in [-0.2, 0) is 19.5 Å². The molecule has 1 heterocycles. The number of Topliss-reactive ketones (excluding diaryl/α,β-unsaturated/α-hetero) is 1. The Kier molecular flexibility index (Phi) is 7.17. The Morgan fingerprint density at radius 1 is 0.938 bits per heavy atom. The van der Waals surface area contributed by atoms with Gasteiger partial charge in [-0.1, -0.05) is 12.1 Å². The molecule has 1 unspecified atom stereocenters. The Bertz CT molecular complexity index is 1150. The van der Waals surface area contributed by atoms with Gasteiger partial charge in [-0.3, -0.25) is 4.79 Å². The molecule has 3 rings (SSSR count). The van der Waals surface area contributed by atoms with E-state index in [1.165, 1.54) is 23.4 Å². The quantitative estimate of drug-likeness (QED) is 0.486. The van der Waals surface area contributed by atoms with Gasteiger partial charge in [0.1, 0.15) is 0 Å². The van der Waals surface area contributed by atoms with Gasteiger partial charge < -0.3 is 9.47 Å². The maximum absolute atomic E-state index is 13.1. The molecule has 1 aliphatic rings. The summed E-state index contributed by atoms with van der Waals surface area (Å²) in [7, 11) is -3.77. The number of ether oxygens (including phenoxy) is 2. The number of morpholine rings is 1. The zero-order valence-electron chi connectivity index (χ0n) is 19.1. The van der Waals surface area contributed by atoms with E-state index in [0.29, 0.717) is 24.3 Å². The summed E-state index contributed by atoms with van der Waals surface area (Å²) in [6.45, 7) is 10.1. The molecule has 32 heavy (non-hydrogen) atoms. The lowest BCUT2D eigenvalue weighted by Crippen LogP contribution is -2.40. The molecule has 0 aliphatic carbocycles. The van der Waals surface area contributed by atoms with Crippen LogP contribution in [0.25, 0.3) is 0 Å². The molecule has 0 N–H and O–H groups in total. The third-order valence-corrected chi connectivity index (χ3v) is 7.81. The highest BCUT2D eigenvalue weighted by atomic mass is 32.2. The first-order valence-corrected chi connectivity index (χ1v) is 12.0. The SMILES string of the molecule is Cc1cc(C)c(C(=O)C(C)OC(=O)c2ccc(C)c(S(=O)(=O)N3CCOCC3)c2)cc1C. The second kappa shape index (κ2) is 9.52. The smallest absolute Gasteiger partial charge is 0.338 e.